The van der Waals surface area contributed by atoms with Crippen LogP contribution in [0.5, 0.6) is 0 Å². The van der Waals surface area contributed by atoms with Gasteiger partial charge in [0, 0.05) is 5.38 Å². The molecule has 0 bridgehead atoms. The number of rotatable bonds is 2. The fraction of sp³-hybridized carbons (Fsp3) is 0.100. The predicted molar refractivity (Wildman–Crippen MR) is 84.4 cm³/mol. The second-order valence-electron chi connectivity index (χ2n) is 3.33. The Morgan fingerprint density at radius 2 is 2.11 bits per heavy atom. The lowest BCUT2D eigenvalue weighted by molar-refractivity contribution is 1.09. The summed E-state index contributed by atoms with van der Waals surface area (Å²) in [6, 6.07) is 3.88. The van der Waals surface area contributed by atoms with Gasteiger partial charge in [-0.3, -0.25) is 0 Å². The molecule has 0 aliphatic carbocycles. The molecule has 3 heterocycles. The number of nitrogens with zero attached hydrogens (tertiary/aromatic N) is 3. The van der Waals surface area contributed by atoms with Crippen LogP contribution in [0.2, 0.25) is 4.34 Å². The number of aromatic nitrogens is 3. The second kappa shape index (κ2) is 5.75. The maximum atomic E-state index is 5.92. The molecule has 0 atom stereocenters. The first-order valence-corrected chi connectivity index (χ1v) is 7.59. The smallest absolute Gasteiger partial charge is 0.137 e. The van der Waals surface area contributed by atoms with E-state index in [-0.39, 0.29) is 17.0 Å². The van der Waals surface area contributed by atoms with Crippen LogP contribution in [-0.2, 0) is 0 Å². The summed E-state index contributed by atoms with van der Waals surface area (Å²) in [4.78, 5) is 6.73. The van der Waals surface area contributed by atoms with Gasteiger partial charge >= 0.3 is 0 Å². The van der Waals surface area contributed by atoms with Gasteiger partial charge in [-0.05, 0) is 30.6 Å². The summed E-state index contributed by atoms with van der Waals surface area (Å²) < 4.78 is 4.71. The van der Waals surface area contributed by atoms with Crippen molar-refractivity contribution in [2.75, 3.05) is 0 Å². The van der Waals surface area contributed by atoms with Crippen molar-refractivity contribution in [2.24, 2.45) is 0 Å². The Labute approximate surface area is 131 Å². The lowest BCUT2D eigenvalue weighted by Crippen LogP contribution is -1.77. The van der Waals surface area contributed by atoms with Gasteiger partial charge in [-0.1, -0.05) is 16.1 Å². The van der Waals surface area contributed by atoms with E-state index in [9.17, 15) is 0 Å². The second-order valence-corrected chi connectivity index (χ2v) is 6.66. The van der Waals surface area contributed by atoms with Crippen molar-refractivity contribution < 1.29 is 0 Å². The summed E-state index contributed by atoms with van der Waals surface area (Å²) in [5.74, 6) is 0. The molecule has 0 aliphatic heterocycles. The van der Waals surface area contributed by atoms with E-state index in [1.807, 2.05) is 24.4 Å². The monoisotopic (exact) mass is 379 g/mol. The molecule has 8 heteroatoms. The third-order valence-corrected chi connectivity index (χ3v) is 5.25. The van der Waals surface area contributed by atoms with Crippen LogP contribution in [0.25, 0.3) is 20.5 Å². The Bertz CT molecular complexity index is 661. The Hall–Kier alpha value is -0.340. The van der Waals surface area contributed by atoms with E-state index in [1.54, 1.807) is 11.3 Å². The Balaban J connectivity index is 0.00000120. The fourth-order valence-electron chi connectivity index (χ4n) is 1.37. The topological polar surface area (TPSA) is 38.7 Å². The van der Waals surface area contributed by atoms with Crippen LogP contribution in [0, 0.1) is 6.92 Å². The van der Waals surface area contributed by atoms with Gasteiger partial charge in [0.15, 0.2) is 0 Å². The van der Waals surface area contributed by atoms with Gasteiger partial charge in [-0.2, -0.15) is 0 Å². The third-order valence-electron chi connectivity index (χ3n) is 2.18. The SMILES string of the molecule is Br.Cc1nnsc1-c1nc(-c2ccc(Cl)s2)cs1. The molecule has 0 spiro atoms. The van der Waals surface area contributed by atoms with Crippen molar-refractivity contribution in [1.29, 1.82) is 0 Å². The molecule has 3 aromatic rings. The molecular weight excluding hydrogens is 374 g/mol. The highest BCUT2D eigenvalue weighted by molar-refractivity contribution is 8.93. The summed E-state index contributed by atoms with van der Waals surface area (Å²) in [5, 5.41) is 7.00. The summed E-state index contributed by atoms with van der Waals surface area (Å²) in [6.07, 6.45) is 0. The summed E-state index contributed by atoms with van der Waals surface area (Å²) in [7, 11) is 0. The van der Waals surface area contributed by atoms with Crippen molar-refractivity contribution >= 4 is 62.8 Å². The fourth-order valence-corrected chi connectivity index (χ4v) is 4.06. The zero-order valence-electron chi connectivity index (χ0n) is 9.08. The molecule has 0 saturated heterocycles. The van der Waals surface area contributed by atoms with Crippen LogP contribution in [0.15, 0.2) is 17.5 Å². The number of hydrogen-bond donors (Lipinski definition) is 0. The molecule has 0 amide bonds. The molecule has 0 fully saturated rings. The minimum Gasteiger partial charge on any atom is -0.234 e. The van der Waals surface area contributed by atoms with E-state index in [2.05, 4.69) is 14.6 Å². The third kappa shape index (κ3) is 2.65. The average molecular weight is 381 g/mol. The minimum atomic E-state index is 0. The molecule has 94 valence electrons. The van der Waals surface area contributed by atoms with Crippen molar-refractivity contribution in [1.82, 2.24) is 14.6 Å². The molecule has 0 saturated carbocycles. The van der Waals surface area contributed by atoms with E-state index in [1.165, 1.54) is 22.9 Å². The van der Waals surface area contributed by atoms with E-state index in [0.717, 1.165) is 30.5 Å². The van der Waals surface area contributed by atoms with E-state index < -0.39 is 0 Å². The zero-order chi connectivity index (χ0) is 11.8. The van der Waals surface area contributed by atoms with Crippen LogP contribution < -0.4 is 0 Å². The van der Waals surface area contributed by atoms with Gasteiger partial charge in [0.05, 0.1) is 20.6 Å². The molecule has 0 unspecified atom stereocenters. The largest absolute Gasteiger partial charge is 0.234 e. The van der Waals surface area contributed by atoms with Crippen molar-refractivity contribution in [3.8, 4) is 20.5 Å². The Morgan fingerprint density at radius 3 is 2.72 bits per heavy atom. The van der Waals surface area contributed by atoms with Crippen LogP contribution >= 0.6 is 62.8 Å². The lowest BCUT2D eigenvalue weighted by Gasteiger charge is -1.89. The van der Waals surface area contributed by atoms with Gasteiger partial charge in [0.1, 0.15) is 9.88 Å². The summed E-state index contributed by atoms with van der Waals surface area (Å²) >= 11 is 10.4. The van der Waals surface area contributed by atoms with Gasteiger partial charge < -0.3 is 0 Å². The van der Waals surface area contributed by atoms with E-state index in [4.69, 9.17) is 11.6 Å². The van der Waals surface area contributed by atoms with Gasteiger partial charge in [-0.25, -0.2) is 4.98 Å². The molecule has 18 heavy (non-hydrogen) atoms. The minimum absolute atomic E-state index is 0. The van der Waals surface area contributed by atoms with Crippen LogP contribution in [0.1, 0.15) is 5.69 Å². The molecule has 0 aromatic carbocycles. The standard InChI is InChI=1S/C10H6ClN3S3.BrH/c1-5-9(17-14-13-5)10-12-6(4-15-10)7-2-3-8(11)16-7;/h2-4H,1H3;1H. The van der Waals surface area contributed by atoms with Crippen molar-refractivity contribution in [3.05, 3.63) is 27.5 Å². The van der Waals surface area contributed by atoms with Crippen LogP contribution in [0.4, 0.5) is 0 Å². The van der Waals surface area contributed by atoms with Crippen molar-refractivity contribution in [3.63, 3.8) is 0 Å². The van der Waals surface area contributed by atoms with Crippen LogP contribution in [-0.4, -0.2) is 14.6 Å². The highest BCUT2D eigenvalue weighted by Crippen LogP contribution is 2.35. The van der Waals surface area contributed by atoms with E-state index >= 15 is 0 Å². The quantitative estimate of drug-likeness (QED) is 0.632. The number of thiophene rings is 1. The Morgan fingerprint density at radius 1 is 1.28 bits per heavy atom. The highest BCUT2D eigenvalue weighted by Gasteiger charge is 2.12. The van der Waals surface area contributed by atoms with Gasteiger partial charge in [-0.15, -0.1) is 44.8 Å². The number of aryl methyl sites for hydroxylation is 1. The van der Waals surface area contributed by atoms with Gasteiger partial charge in [0.25, 0.3) is 0 Å². The predicted octanol–water partition coefficient (Wildman–Crippen LogP) is 4.93. The molecule has 0 radical (unpaired) electrons. The summed E-state index contributed by atoms with van der Waals surface area (Å²) in [5.41, 5.74) is 1.90. The number of thiazole rings is 1. The first-order chi connectivity index (χ1) is 8.24. The Kier molecular flexibility index (Phi) is 4.50. The van der Waals surface area contributed by atoms with Gasteiger partial charge in [0.2, 0.25) is 0 Å². The molecule has 3 aromatic heterocycles. The molecular formula is C10H7BrClN3S3. The maximum Gasteiger partial charge on any atom is 0.137 e. The average Bonchev–Trinajstić information content (AvgIpc) is 2.97. The zero-order valence-corrected chi connectivity index (χ0v) is 14.0. The number of halogens is 2. The van der Waals surface area contributed by atoms with Crippen LogP contribution in [0.3, 0.4) is 0 Å². The van der Waals surface area contributed by atoms with Crippen molar-refractivity contribution in [2.45, 2.75) is 6.92 Å². The lowest BCUT2D eigenvalue weighted by atomic mass is 10.4. The molecule has 0 N–H and O–H groups in total. The maximum absolute atomic E-state index is 5.92. The highest BCUT2D eigenvalue weighted by atomic mass is 79.9. The normalized spacial score (nSPS) is 10.3. The molecule has 3 rings (SSSR count). The first kappa shape index (κ1) is 14.1. The number of hydrogen-bond acceptors (Lipinski definition) is 6. The molecule has 0 aliphatic rings. The molecule has 3 nitrogen and oxygen atoms in total. The summed E-state index contributed by atoms with van der Waals surface area (Å²) in [6.45, 7) is 1.95. The first-order valence-electron chi connectivity index (χ1n) is 4.74. The van der Waals surface area contributed by atoms with E-state index in [0.29, 0.717) is 0 Å².